The van der Waals surface area contributed by atoms with Gasteiger partial charge in [-0.15, -0.1) is 11.3 Å². The van der Waals surface area contributed by atoms with Crippen LogP contribution in [0.4, 0.5) is 13.2 Å². The molecule has 0 radical (unpaired) electrons. The Morgan fingerprint density at radius 1 is 1.24 bits per heavy atom. The number of benzene rings is 1. The average molecular weight is 533 g/mol. The van der Waals surface area contributed by atoms with Crippen molar-refractivity contribution in [2.75, 3.05) is 6.61 Å². The molecular formula is C25H23F3N4O4S. The fourth-order valence-corrected chi connectivity index (χ4v) is 6.33. The van der Waals surface area contributed by atoms with E-state index in [1.165, 1.54) is 4.88 Å². The van der Waals surface area contributed by atoms with Crippen LogP contribution in [0.15, 0.2) is 33.7 Å². The zero-order valence-electron chi connectivity index (χ0n) is 19.6. The Bertz CT molecular complexity index is 1450. The van der Waals surface area contributed by atoms with Crippen molar-refractivity contribution in [2.45, 2.75) is 62.6 Å². The molecule has 37 heavy (non-hydrogen) atoms. The summed E-state index contributed by atoms with van der Waals surface area (Å²) in [5.74, 6) is -0.0478. The van der Waals surface area contributed by atoms with E-state index in [0.29, 0.717) is 41.5 Å². The van der Waals surface area contributed by atoms with Crippen LogP contribution in [0.1, 0.15) is 71.3 Å². The number of hydrogen-bond donors (Lipinski definition) is 2. The van der Waals surface area contributed by atoms with Crippen LogP contribution in [-0.2, 0) is 16.8 Å². The number of nitrogens with zero attached hydrogens (tertiary/aromatic N) is 2. The lowest BCUT2D eigenvalue weighted by Gasteiger charge is -2.37. The second-order valence-corrected chi connectivity index (χ2v) is 10.8. The van der Waals surface area contributed by atoms with Crippen LogP contribution in [0.2, 0.25) is 0 Å². The summed E-state index contributed by atoms with van der Waals surface area (Å²) >= 11 is 1.56. The molecule has 2 aromatic heterocycles. The molecule has 1 spiro atoms. The fourth-order valence-electron chi connectivity index (χ4n) is 5.20. The molecular weight excluding hydrogens is 509 g/mol. The molecule has 0 saturated heterocycles. The van der Waals surface area contributed by atoms with Crippen molar-refractivity contribution in [1.29, 1.82) is 0 Å². The first kappa shape index (κ1) is 24.0. The molecule has 1 aromatic carbocycles. The molecule has 0 unspecified atom stereocenters. The summed E-state index contributed by atoms with van der Waals surface area (Å²) in [5.41, 5.74) is 2.17. The third-order valence-corrected chi connectivity index (χ3v) is 8.31. The molecule has 1 saturated carbocycles. The van der Waals surface area contributed by atoms with Gasteiger partial charge in [-0.25, -0.2) is 9.78 Å². The lowest BCUT2D eigenvalue weighted by atomic mass is 9.80. The maximum Gasteiger partial charge on any atom is 0.439 e. The third-order valence-electron chi connectivity index (χ3n) is 7.09. The Balaban J connectivity index is 1.31. The monoisotopic (exact) mass is 532 g/mol. The number of aromatic amines is 1. The summed E-state index contributed by atoms with van der Waals surface area (Å²) in [6, 6.07) is 5.44. The summed E-state index contributed by atoms with van der Waals surface area (Å²) in [7, 11) is 0. The first-order chi connectivity index (χ1) is 17.7. The maximum atomic E-state index is 13.5. The van der Waals surface area contributed by atoms with Crippen molar-refractivity contribution in [3.05, 3.63) is 61.8 Å². The van der Waals surface area contributed by atoms with Crippen LogP contribution >= 0.6 is 11.3 Å². The second kappa shape index (κ2) is 8.86. The highest BCUT2D eigenvalue weighted by Crippen LogP contribution is 2.50. The highest BCUT2D eigenvalue weighted by atomic mass is 32.1. The number of hydrogen-bond acceptors (Lipinski definition) is 7. The first-order valence-electron chi connectivity index (χ1n) is 12.1. The number of carbonyl (C=O) groups excluding carboxylic acids is 1. The van der Waals surface area contributed by atoms with Gasteiger partial charge in [0.1, 0.15) is 10.8 Å². The number of rotatable bonds is 7. The van der Waals surface area contributed by atoms with Crippen molar-refractivity contribution in [3.8, 4) is 5.75 Å². The molecule has 1 amide bonds. The molecule has 3 heterocycles. The van der Waals surface area contributed by atoms with Gasteiger partial charge in [0, 0.05) is 29.5 Å². The molecule has 1 aliphatic heterocycles. The molecule has 1 atom stereocenters. The maximum absolute atomic E-state index is 13.5. The van der Waals surface area contributed by atoms with Crippen molar-refractivity contribution >= 4 is 28.4 Å². The molecule has 3 aromatic rings. The van der Waals surface area contributed by atoms with Crippen molar-refractivity contribution in [2.24, 2.45) is 0 Å². The molecule has 8 nitrogen and oxygen atoms in total. The smallest absolute Gasteiger partial charge is 0.439 e. The van der Waals surface area contributed by atoms with Crippen LogP contribution in [0.25, 0.3) is 11.1 Å². The number of ether oxygens (including phenoxy) is 1. The Hall–Kier alpha value is -3.41. The van der Waals surface area contributed by atoms with Crippen LogP contribution in [0.5, 0.6) is 5.75 Å². The summed E-state index contributed by atoms with van der Waals surface area (Å²) in [6.07, 6.45) is 0.663. The van der Waals surface area contributed by atoms with Gasteiger partial charge in [0.25, 0.3) is 5.91 Å². The third kappa shape index (κ3) is 4.70. The van der Waals surface area contributed by atoms with Crippen molar-refractivity contribution < 1.29 is 27.2 Å². The Morgan fingerprint density at radius 2 is 2.08 bits per heavy atom. The summed E-state index contributed by atoms with van der Waals surface area (Å²) in [5, 5.41) is 7.63. The van der Waals surface area contributed by atoms with Gasteiger partial charge in [0.05, 0.1) is 17.7 Å². The Morgan fingerprint density at radius 3 is 2.81 bits per heavy atom. The summed E-state index contributed by atoms with van der Waals surface area (Å²) in [4.78, 5) is 33.5. The highest BCUT2D eigenvalue weighted by molar-refractivity contribution is 7.13. The summed E-state index contributed by atoms with van der Waals surface area (Å²) < 4.78 is 47.5. The van der Waals surface area contributed by atoms with Crippen molar-refractivity contribution in [3.63, 3.8) is 0 Å². The van der Waals surface area contributed by atoms with E-state index in [-0.39, 0.29) is 30.3 Å². The van der Waals surface area contributed by atoms with Gasteiger partial charge in [0.2, 0.25) is 0 Å². The van der Waals surface area contributed by atoms with E-state index in [9.17, 15) is 22.8 Å². The number of H-pyrrole nitrogens is 1. The predicted octanol–water partition coefficient (Wildman–Crippen LogP) is 4.69. The molecule has 2 N–H and O–H groups in total. The molecule has 3 aliphatic rings. The van der Waals surface area contributed by atoms with Crippen LogP contribution in [0, 0.1) is 0 Å². The predicted molar refractivity (Wildman–Crippen MR) is 128 cm³/mol. The standard InChI is InChI=1S/C25H23F3N4O4S/c26-25(27,28)7-1-9-35-15-4-5-17-14(10-15)6-8-24(17)11-16(22-29-12-18(37-22)13-2-3-13)19(21(33)31-24)20-30-23(34)36-32-20/h4-5,10,12-13H,1-3,6-9,11H2,(H,31,33)(H,30,32,34)/t24-/m1/s1. The van der Waals surface area contributed by atoms with Gasteiger partial charge in [-0.05, 0) is 61.3 Å². The number of carbonyl (C=O) groups is 1. The van der Waals surface area contributed by atoms with Crippen LogP contribution in [-0.4, -0.2) is 33.8 Å². The number of nitrogens with one attached hydrogen (secondary N) is 2. The highest BCUT2D eigenvalue weighted by Gasteiger charge is 2.46. The minimum absolute atomic E-state index is 0.0281. The number of alkyl halides is 3. The minimum atomic E-state index is -4.20. The fraction of sp³-hybridized carbons (Fsp3) is 0.440. The number of halogens is 3. The molecule has 12 heteroatoms. The number of thiazole rings is 1. The molecule has 2 aliphatic carbocycles. The number of amides is 1. The minimum Gasteiger partial charge on any atom is -0.494 e. The number of aromatic nitrogens is 3. The van der Waals surface area contributed by atoms with Gasteiger partial charge < -0.3 is 10.1 Å². The normalized spacial score (nSPS) is 21.4. The zero-order chi connectivity index (χ0) is 25.8. The quantitative estimate of drug-likeness (QED) is 0.427. The van der Waals surface area contributed by atoms with Gasteiger partial charge in [-0.2, -0.15) is 13.2 Å². The topological polar surface area (TPSA) is 110 Å². The van der Waals surface area contributed by atoms with Gasteiger partial charge in [-0.3, -0.25) is 14.3 Å². The van der Waals surface area contributed by atoms with E-state index >= 15 is 0 Å². The van der Waals surface area contributed by atoms with E-state index in [4.69, 9.17) is 4.74 Å². The largest absolute Gasteiger partial charge is 0.494 e. The van der Waals surface area contributed by atoms with Gasteiger partial charge in [0.15, 0.2) is 5.82 Å². The SMILES string of the molecule is O=C1N[C@]2(CCc3cc(OCCCC(F)(F)F)ccc32)CC(c2ncc(C3CC3)s2)=C1c1noc(=O)[nH]1. The van der Waals surface area contributed by atoms with E-state index < -0.39 is 23.9 Å². The number of aryl methyl sites for hydroxylation is 1. The lowest BCUT2D eigenvalue weighted by Crippen LogP contribution is -2.48. The van der Waals surface area contributed by atoms with Gasteiger partial charge >= 0.3 is 11.9 Å². The first-order valence-corrected chi connectivity index (χ1v) is 12.9. The lowest BCUT2D eigenvalue weighted by molar-refractivity contribution is -0.136. The average Bonchev–Trinajstić information content (AvgIpc) is 3.26. The van der Waals surface area contributed by atoms with E-state index in [0.717, 1.165) is 24.0 Å². The van der Waals surface area contributed by atoms with Crippen LogP contribution in [0.3, 0.4) is 0 Å². The Kier molecular flexibility index (Phi) is 5.74. The van der Waals surface area contributed by atoms with E-state index in [1.54, 1.807) is 17.4 Å². The molecule has 0 bridgehead atoms. The molecule has 194 valence electrons. The van der Waals surface area contributed by atoms with Crippen LogP contribution < -0.4 is 15.8 Å². The zero-order valence-corrected chi connectivity index (χ0v) is 20.4. The molecule has 1 fully saturated rings. The van der Waals surface area contributed by atoms with Gasteiger partial charge in [-0.1, -0.05) is 11.2 Å². The van der Waals surface area contributed by atoms with Crippen molar-refractivity contribution in [1.82, 2.24) is 20.4 Å². The Labute approximate surface area is 212 Å². The molecule has 6 rings (SSSR count). The van der Waals surface area contributed by atoms with E-state index in [1.807, 2.05) is 18.3 Å². The summed E-state index contributed by atoms with van der Waals surface area (Å²) in [6.45, 7) is -0.0281. The second-order valence-electron chi connectivity index (χ2n) is 9.74. The number of fused-ring (bicyclic) bond motifs is 2. The van der Waals surface area contributed by atoms with E-state index in [2.05, 4.69) is 25.0 Å².